The third-order valence-corrected chi connectivity index (χ3v) is 2.59. The summed E-state index contributed by atoms with van der Waals surface area (Å²) in [5.74, 6) is -0.485. The zero-order chi connectivity index (χ0) is 9.84. The fraction of sp³-hybridized carbons (Fsp3) is 0.889. The number of carboxylic acid groups (broad SMARTS) is 1. The van der Waals surface area contributed by atoms with Crippen LogP contribution in [0.3, 0.4) is 0 Å². The Morgan fingerprint density at radius 2 is 2.31 bits per heavy atom. The first kappa shape index (κ1) is 10.5. The van der Waals surface area contributed by atoms with Crippen LogP contribution >= 0.6 is 0 Å². The lowest BCUT2D eigenvalue weighted by Crippen LogP contribution is -2.42. The molecule has 76 valence electrons. The maximum Gasteiger partial charge on any atom is 0.304 e. The lowest BCUT2D eigenvalue weighted by atomic mass is 9.97. The SMILES string of the molecule is C[C@H]1CN(CCC(=O)O)CC[C@@H]1O. The summed E-state index contributed by atoms with van der Waals surface area (Å²) in [5, 5.41) is 17.9. The number of hydrogen-bond acceptors (Lipinski definition) is 3. The molecule has 0 spiro atoms. The Morgan fingerprint density at radius 3 is 2.85 bits per heavy atom. The van der Waals surface area contributed by atoms with Crippen LogP contribution in [0.2, 0.25) is 0 Å². The molecule has 1 heterocycles. The third kappa shape index (κ3) is 3.32. The molecular weight excluding hydrogens is 170 g/mol. The average molecular weight is 187 g/mol. The van der Waals surface area contributed by atoms with Crippen LogP contribution < -0.4 is 0 Å². The predicted molar refractivity (Wildman–Crippen MR) is 48.5 cm³/mol. The van der Waals surface area contributed by atoms with Crippen LogP contribution in [0.25, 0.3) is 0 Å². The number of piperidine rings is 1. The highest BCUT2D eigenvalue weighted by Crippen LogP contribution is 2.16. The molecule has 1 aliphatic rings. The quantitative estimate of drug-likeness (QED) is 0.661. The Hall–Kier alpha value is -0.610. The largest absolute Gasteiger partial charge is 0.481 e. The molecule has 1 aliphatic heterocycles. The van der Waals surface area contributed by atoms with Gasteiger partial charge in [-0.05, 0) is 12.3 Å². The van der Waals surface area contributed by atoms with Crippen molar-refractivity contribution in [3.8, 4) is 0 Å². The molecule has 0 aliphatic carbocycles. The van der Waals surface area contributed by atoms with Crippen LogP contribution in [0.15, 0.2) is 0 Å². The summed E-state index contributed by atoms with van der Waals surface area (Å²) in [5.41, 5.74) is 0. The average Bonchev–Trinajstić information content (AvgIpc) is 2.07. The maximum absolute atomic E-state index is 10.3. The smallest absolute Gasteiger partial charge is 0.304 e. The minimum absolute atomic E-state index is 0.197. The molecule has 4 heteroatoms. The van der Waals surface area contributed by atoms with Gasteiger partial charge < -0.3 is 15.1 Å². The second-order valence-corrected chi connectivity index (χ2v) is 3.78. The molecule has 0 radical (unpaired) electrons. The highest BCUT2D eigenvalue weighted by Gasteiger charge is 2.23. The lowest BCUT2D eigenvalue weighted by Gasteiger charge is -2.33. The highest BCUT2D eigenvalue weighted by molar-refractivity contribution is 5.66. The number of aliphatic carboxylic acids is 1. The Labute approximate surface area is 78.2 Å². The van der Waals surface area contributed by atoms with Crippen LogP contribution in [-0.4, -0.2) is 46.8 Å². The normalized spacial score (nSPS) is 30.3. The number of aliphatic hydroxyl groups is 1. The highest BCUT2D eigenvalue weighted by atomic mass is 16.4. The fourth-order valence-electron chi connectivity index (χ4n) is 1.68. The Balaban J connectivity index is 2.25. The minimum Gasteiger partial charge on any atom is -0.481 e. The van der Waals surface area contributed by atoms with Gasteiger partial charge in [-0.15, -0.1) is 0 Å². The van der Waals surface area contributed by atoms with Gasteiger partial charge in [0.15, 0.2) is 0 Å². The van der Waals surface area contributed by atoms with Crippen molar-refractivity contribution in [2.24, 2.45) is 5.92 Å². The Bertz CT molecular complexity index is 184. The van der Waals surface area contributed by atoms with Crippen molar-refractivity contribution in [3.05, 3.63) is 0 Å². The molecule has 1 rings (SSSR count). The number of likely N-dealkylation sites (tertiary alicyclic amines) is 1. The second-order valence-electron chi connectivity index (χ2n) is 3.78. The Kier molecular flexibility index (Phi) is 3.69. The van der Waals surface area contributed by atoms with Gasteiger partial charge in [-0.25, -0.2) is 0 Å². The molecule has 0 aromatic carbocycles. The number of aliphatic hydroxyl groups excluding tert-OH is 1. The summed E-state index contributed by atoms with van der Waals surface area (Å²) >= 11 is 0. The van der Waals surface area contributed by atoms with Crippen molar-refractivity contribution in [1.82, 2.24) is 4.90 Å². The topological polar surface area (TPSA) is 60.8 Å². The molecule has 0 saturated carbocycles. The first-order valence-corrected chi connectivity index (χ1v) is 4.72. The van der Waals surface area contributed by atoms with Crippen molar-refractivity contribution in [2.45, 2.75) is 25.9 Å². The van der Waals surface area contributed by atoms with Crippen LogP contribution in [-0.2, 0) is 4.79 Å². The van der Waals surface area contributed by atoms with E-state index in [-0.39, 0.29) is 18.4 Å². The molecule has 2 N–H and O–H groups in total. The number of nitrogens with zero attached hydrogens (tertiary/aromatic N) is 1. The molecule has 0 bridgehead atoms. The number of hydrogen-bond donors (Lipinski definition) is 2. The number of carboxylic acids is 1. The molecule has 1 saturated heterocycles. The van der Waals surface area contributed by atoms with E-state index in [1.807, 2.05) is 6.92 Å². The van der Waals surface area contributed by atoms with Gasteiger partial charge in [0, 0.05) is 19.6 Å². The van der Waals surface area contributed by atoms with E-state index < -0.39 is 5.97 Å². The van der Waals surface area contributed by atoms with Gasteiger partial charge in [0.1, 0.15) is 0 Å². The molecule has 0 aromatic rings. The number of rotatable bonds is 3. The van der Waals surface area contributed by atoms with E-state index in [1.54, 1.807) is 0 Å². The zero-order valence-corrected chi connectivity index (χ0v) is 7.94. The van der Waals surface area contributed by atoms with Crippen LogP contribution in [0.5, 0.6) is 0 Å². The van der Waals surface area contributed by atoms with Crippen LogP contribution in [0, 0.1) is 5.92 Å². The van der Waals surface area contributed by atoms with Crippen molar-refractivity contribution < 1.29 is 15.0 Å². The van der Waals surface area contributed by atoms with Gasteiger partial charge >= 0.3 is 5.97 Å². The van der Waals surface area contributed by atoms with Crippen molar-refractivity contribution in [1.29, 1.82) is 0 Å². The lowest BCUT2D eigenvalue weighted by molar-refractivity contribution is -0.137. The standard InChI is InChI=1S/C9H17NO3/c1-7-6-10(4-2-8(7)11)5-3-9(12)13/h7-8,11H,2-6H2,1H3,(H,12,13)/t7-,8-/m0/s1. The Morgan fingerprint density at radius 1 is 1.62 bits per heavy atom. The van der Waals surface area contributed by atoms with Gasteiger partial charge in [0.25, 0.3) is 0 Å². The first-order chi connectivity index (χ1) is 6.09. The van der Waals surface area contributed by atoms with E-state index >= 15 is 0 Å². The third-order valence-electron chi connectivity index (χ3n) is 2.59. The van der Waals surface area contributed by atoms with Gasteiger partial charge in [-0.2, -0.15) is 0 Å². The van der Waals surface area contributed by atoms with Crippen molar-refractivity contribution >= 4 is 5.97 Å². The van der Waals surface area contributed by atoms with E-state index in [4.69, 9.17) is 5.11 Å². The molecular formula is C9H17NO3. The molecule has 4 nitrogen and oxygen atoms in total. The maximum atomic E-state index is 10.3. The van der Waals surface area contributed by atoms with Crippen molar-refractivity contribution in [2.75, 3.05) is 19.6 Å². The van der Waals surface area contributed by atoms with Crippen LogP contribution in [0.1, 0.15) is 19.8 Å². The number of carbonyl (C=O) groups is 1. The van der Waals surface area contributed by atoms with Gasteiger partial charge in [0.2, 0.25) is 0 Å². The van der Waals surface area contributed by atoms with E-state index in [2.05, 4.69) is 4.90 Å². The molecule has 0 amide bonds. The van der Waals surface area contributed by atoms with E-state index in [1.165, 1.54) is 0 Å². The molecule has 0 unspecified atom stereocenters. The van der Waals surface area contributed by atoms with E-state index in [0.717, 1.165) is 19.5 Å². The van der Waals surface area contributed by atoms with Gasteiger partial charge in [0.05, 0.1) is 12.5 Å². The summed E-state index contributed by atoms with van der Waals surface area (Å²) < 4.78 is 0. The second kappa shape index (κ2) is 4.58. The minimum atomic E-state index is -0.751. The van der Waals surface area contributed by atoms with E-state index in [0.29, 0.717) is 6.54 Å². The molecule has 2 atom stereocenters. The fourth-order valence-corrected chi connectivity index (χ4v) is 1.68. The summed E-state index contributed by atoms with van der Waals surface area (Å²) in [7, 11) is 0. The van der Waals surface area contributed by atoms with Crippen LogP contribution in [0.4, 0.5) is 0 Å². The van der Waals surface area contributed by atoms with Gasteiger partial charge in [-0.1, -0.05) is 6.92 Å². The zero-order valence-electron chi connectivity index (χ0n) is 7.94. The first-order valence-electron chi connectivity index (χ1n) is 4.72. The van der Waals surface area contributed by atoms with Gasteiger partial charge in [-0.3, -0.25) is 4.79 Å². The van der Waals surface area contributed by atoms with Crippen molar-refractivity contribution in [3.63, 3.8) is 0 Å². The summed E-state index contributed by atoms with van der Waals surface area (Å²) in [6.07, 6.45) is 0.755. The summed E-state index contributed by atoms with van der Waals surface area (Å²) in [6.45, 7) is 4.23. The summed E-state index contributed by atoms with van der Waals surface area (Å²) in [4.78, 5) is 12.4. The summed E-state index contributed by atoms with van der Waals surface area (Å²) in [6, 6.07) is 0. The predicted octanol–water partition coefficient (Wildman–Crippen LogP) is 0.164. The van der Waals surface area contributed by atoms with E-state index in [9.17, 15) is 9.90 Å². The molecule has 13 heavy (non-hydrogen) atoms. The molecule has 1 fully saturated rings. The monoisotopic (exact) mass is 187 g/mol. The molecule has 0 aromatic heterocycles.